The van der Waals surface area contributed by atoms with Crippen molar-refractivity contribution in [2.24, 2.45) is 11.8 Å². The maximum atomic E-state index is 14.2. The Bertz CT molecular complexity index is 1080. The SMILES string of the molecule is COc1ccc(N2CC=C[C@]34O[C@]5(C)C=CCOC(=O)[C@@H]5[C@H]3C(=O)N(CCCCO)C4C2=O)cc1. The number of hydrogen-bond acceptors (Lipinski definition) is 7. The van der Waals surface area contributed by atoms with Gasteiger partial charge in [0.15, 0.2) is 0 Å². The second-order valence-corrected chi connectivity index (χ2v) is 9.54. The van der Waals surface area contributed by atoms with Gasteiger partial charge >= 0.3 is 5.97 Å². The second-order valence-electron chi connectivity index (χ2n) is 9.54. The minimum atomic E-state index is -1.31. The number of hydrogen-bond donors (Lipinski definition) is 1. The molecule has 0 bridgehead atoms. The van der Waals surface area contributed by atoms with E-state index < -0.39 is 35.0 Å². The average molecular weight is 483 g/mol. The first-order chi connectivity index (χ1) is 16.9. The summed E-state index contributed by atoms with van der Waals surface area (Å²) in [4.78, 5) is 44.3. The lowest BCUT2D eigenvalue weighted by Crippen LogP contribution is -2.56. The number of aliphatic hydroxyl groups excluding tert-OH is 1. The van der Waals surface area contributed by atoms with Crippen LogP contribution in [0.1, 0.15) is 19.8 Å². The lowest BCUT2D eigenvalue weighted by molar-refractivity contribution is -0.156. The molecule has 1 N–H and O–H groups in total. The van der Waals surface area contributed by atoms with Crippen LogP contribution in [0.15, 0.2) is 48.6 Å². The average Bonchev–Trinajstić information content (AvgIpc) is 3.10. The first-order valence-corrected chi connectivity index (χ1v) is 12.0. The number of carbonyl (C=O) groups is 3. The quantitative estimate of drug-likeness (QED) is 0.372. The number of aliphatic hydroxyl groups is 1. The van der Waals surface area contributed by atoms with Crippen LogP contribution in [0, 0.1) is 11.8 Å². The highest BCUT2D eigenvalue weighted by atomic mass is 16.6. The molecule has 4 heterocycles. The molecule has 1 spiro atoms. The molecule has 2 amide bonds. The lowest BCUT2D eigenvalue weighted by atomic mass is 9.75. The number of likely N-dealkylation sites (tertiary alicyclic amines) is 1. The van der Waals surface area contributed by atoms with Crippen LogP contribution in [0.25, 0.3) is 0 Å². The molecule has 5 rings (SSSR count). The number of amides is 2. The van der Waals surface area contributed by atoms with Crippen molar-refractivity contribution in [3.05, 3.63) is 48.6 Å². The Kier molecular flexibility index (Phi) is 5.93. The predicted octanol–water partition coefficient (Wildman–Crippen LogP) is 1.45. The molecule has 35 heavy (non-hydrogen) atoms. The summed E-state index contributed by atoms with van der Waals surface area (Å²) in [5.74, 6) is -2.18. The molecule has 9 heteroatoms. The summed E-state index contributed by atoms with van der Waals surface area (Å²) < 4.78 is 17.3. The van der Waals surface area contributed by atoms with Gasteiger partial charge in [0.25, 0.3) is 5.91 Å². The molecule has 186 valence electrons. The summed E-state index contributed by atoms with van der Waals surface area (Å²) in [6, 6.07) is 6.20. The van der Waals surface area contributed by atoms with Gasteiger partial charge in [-0.2, -0.15) is 0 Å². The van der Waals surface area contributed by atoms with E-state index in [4.69, 9.17) is 14.2 Å². The second kappa shape index (κ2) is 8.80. The zero-order valence-electron chi connectivity index (χ0n) is 19.9. The van der Waals surface area contributed by atoms with Crippen molar-refractivity contribution < 1.29 is 33.7 Å². The molecule has 0 radical (unpaired) electrons. The molecule has 4 aliphatic heterocycles. The number of rotatable bonds is 6. The maximum Gasteiger partial charge on any atom is 0.313 e. The monoisotopic (exact) mass is 482 g/mol. The Balaban J connectivity index is 1.60. The van der Waals surface area contributed by atoms with E-state index in [1.807, 2.05) is 6.08 Å². The molecular formula is C26H30N2O7. The normalized spacial score (nSPS) is 33.7. The summed E-state index contributed by atoms with van der Waals surface area (Å²) in [5.41, 5.74) is -1.72. The molecule has 1 unspecified atom stereocenters. The molecule has 1 aromatic carbocycles. The summed E-state index contributed by atoms with van der Waals surface area (Å²) in [7, 11) is 1.58. The van der Waals surface area contributed by atoms with E-state index in [-0.39, 0.29) is 31.6 Å². The van der Waals surface area contributed by atoms with E-state index in [1.165, 1.54) is 4.90 Å². The number of carbonyl (C=O) groups excluding carboxylic acids is 3. The van der Waals surface area contributed by atoms with Gasteiger partial charge in [0.05, 0.1) is 18.6 Å². The molecule has 2 saturated heterocycles. The van der Waals surface area contributed by atoms with E-state index in [0.29, 0.717) is 30.8 Å². The number of anilines is 1. The van der Waals surface area contributed by atoms with E-state index in [0.717, 1.165) is 0 Å². The van der Waals surface area contributed by atoms with Gasteiger partial charge in [-0.3, -0.25) is 14.4 Å². The smallest absolute Gasteiger partial charge is 0.313 e. The van der Waals surface area contributed by atoms with E-state index in [2.05, 4.69) is 0 Å². The van der Waals surface area contributed by atoms with Gasteiger partial charge in [-0.1, -0.05) is 18.2 Å². The first-order valence-electron chi connectivity index (χ1n) is 12.0. The van der Waals surface area contributed by atoms with Gasteiger partial charge in [-0.15, -0.1) is 0 Å². The van der Waals surface area contributed by atoms with Gasteiger partial charge in [-0.05, 0) is 50.1 Å². The summed E-state index contributed by atoms with van der Waals surface area (Å²) >= 11 is 0. The van der Waals surface area contributed by atoms with Crippen LogP contribution in [-0.2, 0) is 23.9 Å². The summed E-state index contributed by atoms with van der Waals surface area (Å²) in [6.45, 7) is 2.45. The Labute approximate surface area is 203 Å². The molecule has 9 nitrogen and oxygen atoms in total. The Morgan fingerprint density at radius 2 is 1.83 bits per heavy atom. The van der Waals surface area contributed by atoms with Crippen LogP contribution in [0.3, 0.4) is 0 Å². The van der Waals surface area contributed by atoms with Gasteiger partial charge < -0.3 is 29.1 Å². The molecule has 4 aliphatic rings. The molecule has 0 aliphatic carbocycles. The molecule has 2 fully saturated rings. The van der Waals surface area contributed by atoms with Gasteiger partial charge in [-0.25, -0.2) is 0 Å². The molecule has 5 atom stereocenters. The van der Waals surface area contributed by atoms with Crippen molar-refractivity contribution >= 4 is 23.5 Å². The Morgan fingerprint density at radius 3 is 2.54 bits per heavy atom. The van der Waals surface area contributed by atoms with E-state index >= 15 is 0 Å². The number of esters is 1. The van der Waals surface area contributed by atoms with Gasteiger partial charge in [0, 0.05) is 25.4 Å². The molecule has 0 saturated carbocycles. The van der Waals surface area contributed by atoms with Crippen molar-refractivity contribution in [1.82, 2.24) is 4.90 Å². The number of ether oxygens (including phenoxy) is 3. The summed E-state index contributed by atoms with van der Waals surface area (Å²) in [5, 5.41) is 9.29. The molecule has 1 aromatic rings. The number of methoxy groups -OCH3 is 1. The fourth-order valence-corrected chi connectivity index (χ4v) is 5.98. The zero-order chi connectivity index (χ0) is 24.8. The predicted molar refractivity (Wildman–Crippen MR) is 126 cm³/mol. The standard InChI is InChI=1S/C26H30N2O7/c1-25-11-6-16-34-24(32)20(25)19-22(30)28(13-3-4-15-29)21-23(31)27(14-5-12-26(19,21)35-25)17-7-9-18(33-2)10-8-17/h5-12,19-21,29H,3-4,13-16H2,1-2H3/t19-,20-,21?,25+,26-/m0/s1. The van der Waals surface area contributed by atoms with Crippen LogP contribution >= 0.6 is 0 Å². The Morgan fingerprint density at radius 1 is 1.06 bits per heavy atom. The van der Waals surface area contributed by atoms with Crippen molar-refractivity contribution in [3.63, 3.8) is 0 Å². The molecule has 0 aromatic heterocycles. The van der Waals surface area contributed by atoms with Gasteiger partial charge in [0.1, 0.15) is 29.9 Å². The van der Waals surface area contributed by atoms with E-state index in [9.17, 15) is 19.5 Å². The number of cyclic esters (lactones) is 1. The highest BCUT2D eigenvalue weighted by molar-refractivity contribution is 6.05. The van der Waals surface area contributed by atoms with Crippen molar-refractivity contribution in [1.29, 1.82) is 0 Å². The Hall–Kier alpha value is -3.17. The van der Waals surface area contributed by atoms with Crippen LogP contribution < -0.4 is 9.64 Å². The third-order valence-corrected chi connectivity index (χ3v) is 7.50. The van der Waals surface area contributed by atoms with Crippen molar-refractivity contribution in [2.75, 3.05) is 38.3 Å². The van der Waals surface area contributed by atoms with Crippen LogP contribution in [0.4, 0.5) is 5.69 Å². The van der Waals surface area contributed by atoms with Gasteiger partial charge in [0.2, 0.25) is 5.91 Å². The fraction of sp³-hybridized carbons (Fsp3) is 0.500. The first kappa shape index (κ1) is 23.6. The third-order valence-electron chi connectivity index (χ3n) is 7.50. The number of benzene rings is 1. The van der Waals surface area contributed by atoms with Crippen LogP contribution in [0.5, 0.6) is 5.75 Å². The lowest BCUT2D eigenvalue weighted by Gasteiger charge is -2.37. The van der Waals surface area contributed by atoms with E-state index in [1.54, 1.807) is 61.4 Å². The van der Waals surface area contributed by atoms with Crippen LogP contribution in [-0.4, -0.2) is 78.4 Å². The van der Waals surface area contributed by atoms with Crippen molar-refractivity contribution in [2.45, 2.75) is 37.0 Å². The number of fused-ring (bicyclic) bond motifs is 2. The third kappa shape index (κ3) is 3.56. The highest BCUT2D eigenvalue weighted by Crippen LogP contribution is 2.57. The minimum absolute atomic E-state index is 0.0125. The summed E-state index contributed by atoms with van der Waals surface area (Å²) in [6.07, 6.45) is 8.15. The zero-order valence-corrected chi connectivity index (χ0v) is 19.9. The topological polar surface area (TPSA) is 106 Å². The van der Waals surface area contributed by atoms with Crippen molar-refractivity contribution in [3.8, 4) is 5.75 Å². The maximum absolute atomic E-state index is 14.2. The van der Waals surface area contributed by atoms with Crippen LogP contribution in [0.2, 0.25) is 0 Å². The fourth-order valence-electron chi connectivity index (χ4n) is 5.98. The molecular weight excluding hydrogens is 452 g/mol. The largest absolute Gasteiger partial charge is 0.497 e. The minimum Gasteiger partial charge on any atom is -0.497 e. The number of nitrogens with zero attached hydrogens (tertiary/aromatic N) is 2. The highest BCUT2D eigenvalue weighted by Gasteiger charge is 2.74. The number of unbranched alkanes of at least 4 members (excludes halogenated alkanes) is 1.